The number of benzene rings is 1. The van der Waals surface area contributed by atoms with Gasteiger partial charge < -0.3 is 10.5 Å². The minimum absolute atomic E-state index is 0.0564. The van der Waals surface area contributed by atoms with Crippen LogP contribution in [0, 0.1) is 0 Å². The van der Waals surface area contributed by atoms with Gasteiger partial charge in [0.15, 0.2) is 5.82 Å². The number of tetrazole rings is 1. The van der Waals surface area contributed by atoms with Crippen LogP contribution in [0.15, 0.2) is 18.2 Å². The lowest BCUT2D eigenvalue weighted by Gasteiger charge is -2.19. The number of nitrogens with zero attached hydrogens (tertiary/aromatic N) is 4. The van der Waals surface area contributed by atoms with E-state index in [0.29, 0.717) is 16.5 Å². The number of nitrogens with two attached hydrogens (primary N) is 1. The van der Waals surface area contributed by atoms with Gasteiger partial charge in [0.2, 0.25) is 0 Å². The van der Waals surface area contributed by atoms with Crippen LogP contribution in [0.25, 0.3) is 11.4 Å². The van der Waals surface area contributed by atoms with Crippen LogP contribution >= 0.6 is 11.6 Å². The summed E-state index contributed by atoms with van der Waals surface area (Å²) >= 11 is 6.03. The summed E-state index contributed by atoms with van der Waals surface area (Å²) in [7, 11) is 0. The Labute approximate surface area is 121 Å². The molecule has 0 amide bonds. The molecule has 2 unspecified atom stereocenters. The lowest BCUT2D eigenvalue weighted by atomic mass is 10.1. The first-order chi connectivity index (χ1) is 9.66. The summed E-state index contributed by atoms with van der Waals surface area (Å²) in [6, 6.07) is 5.34. The first-order valence-corrected chi connectivity index (χ1v) is 6.99. The van der Waals surface area contributed by atoms with E-state index in [1.165, 1.54) is 0 Å². The maximum absolute atomic E-state index is 6.03. The normalized spacial score (nSPS) is 20.2. The van der Waals surface area contributed by atoms with E-state index in [1.54, 1.807) is 22.9 Å². The summed E-state index contributed by atoms with van der Waals surface area (Å²) in [4.78, 5) is 0. The molecule has 106 valence electrons. The molecular formula is C13H16ClN5O. The fourth-order valence-corrected chi connectivity index (χ4v) is 2.68. The molecule has 0 spiro atoms. The summed E-state index contributed by atoms with van der Waals surface area (Å²) in [6.07, 6.45) is 2.23. The molecule has 1 aromatic carbocycles. The van der Waals surface area contributed by atoms with Crippen LogP contribution in [0.3, 0.4) is 0 Å². The Hall–Kier alpha value is -1.66. The van der Waals surface area contributed by atoms with Gasteiger partial charge in [-0.3, -0.25) is 0 Å². The van der Waals surface area contributed by atoms with Crippen LogP contribution in [-0.4, -0.2) is 32.9 Å². The minimum Gasteiger partial charge on any atom is -0.398 e. The van der Waals surface area contributed by atoms with Crippen LogP contribution < -0.4 is 5.73 Å². The van der Waals surface area contributed by atoms with Gasteiger partial charge >= 0.3 is 0 Å². The molecule has 1 aliphatic rings. The maximum Gasteiger partial charge on any atom is 0.184 e. The Bertz CT molecular complexity index is 609. The molecular weight excluding hydrogens is 278 g/mol. The molecule has 0 bridgehead atoms. The standard InChI is InChI=1S/C13H16ClN5O/c1-8(12-3-2-6-20-12)19-13(16-17-18-19)10-7-9(14)4-5-11(10)15/h4-5,7-8,12H,2-3,6,15H2,1H3. The van der Waals surface area contributed by atoms with Crippen molar-refractivity contribution in [2.45, 2.75) is 31.9 Å². The molecule has 3 rings (SSSR count). The Morgan fingerprint density at radius 3 is 3.10 bits per heavy atom. The summed E-state index contributed by atoms with van der Waals surface area (Å²) in [5.74, 6) is 0.619. The van der Waals surface area contributed by atoms with Gasteiger partial charge in [-0.05, 0) is 48.4 Å². The largest absolute Gasteiger partial charge is 0.398 e. The Balaban J connectivity index is 1.99. The zero-order valence-corrected chi connectivity index (χ0v) is 11.9. The summed E-state index contributed by atoms with van der Waals surface area (Å²) in [6.45, 7) is 2.85. The molecule has 1 aliphatic heterocycles. The number of nitrogen functional groups attached to an aromatic ring is 1. The summed E-state index contributed by atoms with van der Waals surface area (Å²) in [5, 5.41) is 12.5. The predicted molar refractivity (Wildman–Crippen MR) is 76.4 cm³/mol. The third kappa shape index (κ3) is 2.36. The summed E-state index contributed by atoms with van der Waals surface area (Å²) in [5.41, 5.74) is 7.35. The predicted octanol–water partition coefficient (Wildman–Crippen LogP) is 2.32. The molecule has 2 heterocycles. The molecule has 1 aromatic heterocycles. The third-order valence-electron chi connectivity index (χ3n) is 3.64. The van der Waals surface area contributed by atoms with Crippen molar-refractivity contribution >= 4 is 17.3 Å². The number of halogens is 1. The first kappa shape index (κ1) is 13.3. The Morgan fingerprint density at radius 1 is 1.50 bits per heavy atom. The van der Waals surface area contributed by atoms with Crippen LogP contribution in [-0.2, 0) is 4.74 Å². The van der Waals surface area contributed by atoms with Gasteiger partial charge in [0.25, 0.3) is 0 Å². The Morgan fingerprint density at radius 2 is 2.35 bits per heavy atom. The maximum atomic E-state index is 6.03. The topological polar surface area (TPSA) is 78.8 Å². The molecule has 0 aliphatic carbocycles. The number of rotatable bonds is 3. The molecule has 6 nitrogen and oxygen atoms in total. The van der Waals surface area contributed by atoms with Gasteiger partial charge in [-0.25, -0.2) is 4.68 Å². The van der Waals surface area contributed by atoms with E-state index in [1.807, 2.05) is 0 Å². The molecule has 7 heteroatoms. The average Bonchev–Trinajstić information content (AvgIpc) is 3.11. The second kappa shape index (κ2) is 5.38. The van der Waals surface area contributed by atoms with Crippen molar-refractivity contribution < 1.29 is 4.74 Å². The van der Waals surface area contributed by atoms with Gasteiger partial charge in [-0.15, -0.1) is 5.10 Å². The zero-order valence-electron chi connectivity index (χ0n) is 11.2. The average molecular weight is 294 g/mol. The molecule has 2 aromatic rings. The number of aromatic nitrogens is 4. The van der Waals surface area contributed by atoms with E-state index in [9.17, 15) is 0 Å². The van der Waals surface area contributed by atoms with Crippen LogP contribution in [0.5, 0.6) is 0 Å². The number of ether oxygens (including phenoxy) is 1. The SMILES string of the molecule is CC(C1CCCO1)n1nnnc1-c1cc(Cl)ccc1N. The molecule has 20 heavy (non-hydrogen) atoms. The fraction of sp³-hybridized carbons (Fsp3) is 0.462. The van der Waals surface area contributed by atoms with Crippen molar-refractivity contribution in [1.29, 1.82) is 0 Å². The summed E-state index contributed by atoms with van der Waals surface area (Å²) < 4.78 is 7.47. The van der Waals surface area contributed by atoms with Gasteiger partial charge in [0.1, 0.15) is 0 Å². The molecule has 0 radical (unpaired) electrons. The van der Waals surface area contributed by atoms with Crippen molar-refractivity contribution in [3.63, 3.8) is 0 Å². The van der Waals surface area contributed by atoms with Gasteiger partial charge in [0, 0.05) is 22.9 Å². The van der Waals surface area contributed by atoms with Crippen molar-refractivity contribution in [2.24, 2.45) is 0 Å². The van der Waals surface area contributed by atoms with E-state index in [2.05, 4.69) is 22.4 Å². The smallest absolute Gasteiger partial charge is 0.184 e. The molecule has 1 fully saturated rings. The highest BCUT2D eigenvalue weighted by atomic mass is 35.5. The van der Waals surface area contributed by atoms with E-state index < -0.39 is 0 Å². The highest BCUT2D eigenvalue weighted by molar-refractivity contribution is 6.31. The van der Waals surface area contributed by atoms with Crippen LogP contribution in [0.2, 0.25) is 5.02 Å². The molecule has 1 saturated heterocycles. The number of hydrogen-bond donors (Lipinski definition) is 1. The van der Waals surface area contributed by atoms with E-state index in [0.717, 1.165) is 25.0 Å². The monoisotopic (exact) mass is 293 g/mol. The number of anilines is 1. The highest BCUT2D eigenvalue weighted by Gasteiger charge is 2.27. The second-order valence-corrected chi connectivity index (χ2v) is 5.41. The van der Waals surface area contributed by atoms with Crippen molar-refractivity contribution in [1.82, 2.24) is 20.2 Å². The lowest BCUT2D eigenvalue weighted by molar-refractivity contribution is 0.0690. The van der Waals surface area contributed by atoms with E-state index in [-0.39, 0.29) is 12.1 Å². The fourth-order valence-electron chi connectivity index (χ4n) is 2.51. The van der Waals surface area contributed by atoms with Crippen molar-refractivity contribution in [3.05, 3.63) is 23.2 Å². The van der Waals surface area contributed by atoms with Crippen molar-refractivity contribution in [3.8, 4) is 11.4 Å². The van der Waals surface area contributed by atoms with E-state index >= 15 is 0 Å². The van der Waals surface area contributed by atoms with Gasteiger partial charge in [-0.2, -0.15) is 0 Å². The molecule has 0 saturated carbocycles. The first-order valence-electron chi connectivity index (χ1n) is 6.61. The second-order valence-electron chi connectivity index (χ2n) is 4.97. The molecule has 2 atom stereocenters. The molecule has 2 N–H and O–H groups in total. The quantitative estimate of drug-likeness (QED) is 0.879. The lowest BCUT2D eigenvalue weighted by Crippen LogP contribution is -2.22. The van der Waals surface area contributed by atoms with Crippen molar-refractivity contribution in [2.75, 3.05) is 12.3 Å². The highest BCUT2D eigenvalue weighted by Crippen LogP contribution is 2.31. The van der Waals surface area contributed by atoms with Crippen LogP contribution in [0.1, 0.15) is 25.8 Å². The van der Waals surface area contributed by atoms with Gasteiger partial charge in [0.05, 0.1) is 12.1 Å². The van der Waals surface area contributed by atoms with E-state index in [4.69, 9.17) is 22.1 Å². The Kier molecular flexibility index (Phi) is 3.58. The zero-order chi connectivity index (χ0) is 14.1. The minimum atomic E-state index is 0.0564. The third-order valence-corrected chi connectivity index (χ3v) is 3.87. The van der Waals surface area contributed by atoms with Gasteiger partial charge in [-0.1, -0.05) is 11.6 Å². The van der Waals surface area contributed by atoms with Crippen LogP contribution in [0.4, 0.5) is 5.69 Å². The number of hydrogen-bond acceptors (Lipinski definition) is 5.